The molecule has 2 amide bonds. The predicted molar refractivity (Wildman–Crippen MR) is 137 cm³/mol. The van der Waals surface area contributed by atoms with Gasteiger partial charge in [0, 0.05) is 43.0 Å². The molecule has 1 N–H and O–H groups in total. The van der Waals surface area contributed by atoms with Gasteiger partial charge in [-0.1, -0.05) is 41.6 Å². The van der Waals surface area contributed by atoms with E-state index in [1.807, 2.05) is 77.1 Å². The SMILES string of the molecule is Cc1noc(C)c1-c1ccc2c(c1)C(c1ccccc1)(N1CCN(C(=O)OC(C)(C)C)CC1)C(=O)N2. The van der Waals surface area contributed by atoms with Crippen molar-refractivity contribution in [1.29, 1.82) is 0 Å². The molecule has 0 radical (unpaired) electrons. The van der Waals surface area contributed by atoms with E-state index in [4.69, 9.17) is 9.26 Å². The Hall–Kier alpha value is -3.65. The second-order valence-electron chi connectivity index (χ2n) is 10.4. The van der Waals surface area contributed by atoms with Gasteiger partial charge in [-0.25, -0.2) is 4.79 Å². The lowest BCUT2D eigenvalue weighted by Gasteiger charge is -2.45. The topological polar surface area (TPSA) is 87.9 Å². The molecule has 1 unspecified atom stereocenters. The lowest BCUT2D eigenvalue weighted by atomic mass is 9.80. The van der Waals surface area contributed by atoms with Gasteiger partial charge in [0.05, 0.1) is 5.69 Å². The summed E-state index contributed by atoms with van der Waals surface area (Å²) in [4.78, 5) is 30.5. The first-order valence-electron chi connectivity index (χ1n) is 12.3. The summed E-state index contributed by atoms with van der Waals surface area (Å²) in [6.45, 7) is 11.4. The molecule has 8 nitrogen and oxygen atoms in total. The Balaban J connectivity index is 1.56. The molecule has 0 saturated carbocycles. The first kappa shape index (κ1) is 24.1. The zero-order valence-corrected chi connectivity index (χ0v) is 21.4. The van der Waals surface area contributed by atoms with Crippen molar-refractivity contribution in [2.24, 2.45) is 0 Å². The number of aryl methyl sites for hydroxylation is 2. The Kier molecular flexibility index (Phi) is 5.87. The molecular formula is C28H32N4O4. The smallest absolute Gasteiger partial charge is 0.410 e. The van der Waals surface area contributed by atoms with Crippen molar-refractivity contribution in [2.75, 3.05) is 31.5 Å². The number of nitrogens with one attached hydrogen (secondary N) is 1. The Morgan fingerprint density at radius 1 is 1.06 bits per heavy atom. The molecule has 8 heteroatoms. The van der Waals surface area contributed by atoms with Gasteiger partial charge in [0.2, 0.25) is 0 Å². The number of carbonyl (C=O) groups is 2. The third-order valence-electron chi connectivity index (χ3n) is 6.91. The van der Waals surface area contributed by atoms with E-state index in [9.17, 15) is 9.59 Å². The van der Waals surface area contributed by atoms with Gasteiger partial charge in [-0.2, -0.15) is 0 Å². The molecule has 3 heterocycles. The fourth-order valence-corrected chi connectivity index (χ4v) is 5.35. The van der Waals surface area contributed by atoms with Crippen LogP contribution >= 0.6 is 0 Å². The molecule has 1 fully saturated rings. The zero-order valence-electron chi connectivity index (χ0n) is 21.4. The average molecular weight is 489 g/mol. The number of rotatable bonds is 3. The van der Waals surface area contributed by atoms with Crippen LogP contribution in [-0.4, -0.2) is 58.7 Å². The highest BCUT2D eigenvalue weighted by atomic mass is 16.6. The van der Waals surface area contributed by atoms with Crippen molar-refractivity contribution in [2.45, 2.75) is 45.8 Å². The number of ether oxygens (including phenoxy) is 1. The minimum atomic E-state index is -1.02. The Morgan fingerprint density at radius 2 is 1.75 bits per heavy atom. The highest BCUT2D eigenvalue weighted by Crippen LogP contribution is 2.47. The van der Waals surface area contributed by atoms with E-state index >= 15 is 0 Å². The Bertz CT molecular complexity index is 1280. The quantitative estimate of drug-likeness (QED) is 0.575. The number of amides is 2. The summed E-state index contributed by atoms with van der Waals surface area (Å²) in [5.74, 6) is 0.645. The van der Waals surface area contributed by atoms with Crippen LogP contribution in [0.1, 0.15) is 43.4 Å². The summed E-state index contributed by atoms with van der Waals surface area (Å²) in [5.41, 5.74) is 3.69. The molecule has 3 aromatic rings. The van der Waals surface area contributed by atoms with Crippen LogP contribution in [0.15, 0.2) is 53.1 Å². The molecule has 1 aromatic heterocycles. The number of anilines is 1. The summed E-state index contributed by atoms with van der Waals surface area (Å²) in [6.07, 6.45) is -0.326. The van der Waals surface area contributed by atoms with E-state index in [1.54, 1.807) is 4.90 Å². The molecule has 36 heavy (non-hydrogen) atoms. The third kappa shape index (κ3) is 3.95. The number of hydrogen-bond donors (Lipinski definition) is 1. The van der Waals surface area contributed by atoms with Crippen LogP contribution in [0, 0.1) is 13.8 Å². The largest absolute Gasteiger partial charge is 0.444 e. The molecular weight excluding hydrogens is 456 g/mol. The van der Waals surface area contributed by atoms with Crippen molar-refractivity contribution >= 4 is 17.7 Å². The van der Waals surface area contributed by atoms with Crippen molar-refractivity contribution < 1.29 is 18.8 Å². The average Bonchev–Trinajstić information content (AvgIpc) is 3.33. The number of aromatic nitrogens is 1. The first-order valence-corrected chi connectivity index (χ1v) is 12.3. The van der Waals surface area contributed by atoms with Crippen LogP contribution < -0.4 is 5.32 Å². The maximum Gasteiger partial charge on any atom is 0.410 e. The summed E-state index contributed by atoms with van der Waals surface area (Å²) < 4.78 is 11.0. The first-order chi connectivity index (χ1) is 17.1. The number of fused-ring (bicyclic) bond motifs is 1. The van der Waals surface area contributed by atoms with Crippen LogP contribution in [-0.2, 0) is 15.1 Å². The summed E-state index contributed by atoms with van der Waals surface area (Å²) in [7, 11) is 0. The molecule has 0 bridgehead atoms. The minimum absolute atomic E-state index is 0.0923. The molecule has 2 aromatic carbocycles. The predicted octanol–water partition coefficient (Wildman–Crippen LogP) is 4.71. The number of benzene rings is 2. The van der Waals surface area contributed by atoms with Gasteiger partial charge in [-0.3, -0.25) is 9.69 Å². The van der Waals surface area contributed by atoms with Gasteiger partial charge in [0.15, 0.2) is 5.54 Å². The van der Waals surface area contributed by atoms with Gasteiger partial charge in [0.1, 0.15) is 11.4 Å². The summed E-state index contributed by atoms with van der Waals surface area (Å²) >= 11 is 0. The van der Waals surface area contributed by atoms with Crippen molar-refractivity contribution in [3.63, 3.8) is 0 Å². The van der Waals surface area contributed by atoms with Gasteiger partial charge < -0.3 is 19.5 Å². The number of piperazine rings is 1. The molecule has 188 valence electrons. The normalized spacial score (nSPS) is 20.2. The molecule has 1 saturated heterocycles. The van der Waals surface area contributed by atoms with Gasteiger partial charge in [-0.05, 0) is 57.9 Å². The van der Waals surface area contributed by atoms with Crippen LogP contribution in [0.4, 0.5) is 10.5 Å². The lowest BCUT2D eigenvalue weighted by molar-refractivity contribution is -0.126. The molecule has 2 aliphatic heterocycles. The zero-order chi connectivity index (χ0) is 25.7. The van der Waals surface area contributed by atoms with E-state index < -0.39 is 11.1 Å². The second kappa shape index (κ2) is 8.78. The lowest BCUT2D eigenvalue weighted by Crippen LogP contribution is -2.59. The second-order valence-corrected chi connectivity index (χ2v) is 10.4. The highest BCUT2D eigenvalue weighted by molar-refractivity contribution is 6.09. The standard InChI is InChI=1S/C28H32N4O4/c1-18-24(19(2)36-30-18)20-11-12-23-22(17-20)28(25(33)29-23,21-9-7-6-8-10-21)32-15-13-31(14-16-32)26(34)35-27(3,4)5/h6-12,17H,13-16H2,1-5H3,(H,29,33). The maximum absolute atomic E-state index is 13.9. The third-order valence-corrected chi connectivity index (χ3v) is 6.91. The van der Waals surface area contributed by atoms with Gasteiger partial charge in [0.25, 0.3) is 5.91 Å². The number of hydrogen-bond acceptors (Lipinski definition) is 6. The molecule has 0 aliphatic carbocycles. The van der Waals surface area contributed by atoms with Crippen LogP contribution in [0.2, 0.25) is 0 Å². The fraction of sp³-hybridized carbons (Fsp3) is 0.393. The van der Waals surface area contributed by atoms with Crippen LogP contribution in [0.25, 0.3) is 11.1 Å². The van der Waals surface area contributed by atoms with Crippen molar-refractivity contribution in [1.82, 2.24) is 15.0 Å². The summed E-state index contributed by atoms with van der Waals surface area (Å²) in [5, 5.41) is 7.24. The number of nitrogens with zero attached hydrogens (tertiary/aromatic N) is 3. The van der Waals surface area contributed by atoms with Crippen LogP contribution in [0.3, 0.4) is 0 Å². The van der Waals surface area contributed by atoms with E-state index in [2.05, 4.69) is 21.4 Å². The van der Waals surface area contributed by atoms with Crippen molar-refractivity contribution in [3.05, 3.63) is 71.1 Å². The molecule has 5 rings (SSSR count). The van der Waals surface area contributed by atoms with Gasteiger partial charge >= 0.3 is 6.09 Å². The molecule has 0 spiro atoms. The Labute approximate surface area is 211 Å². The fourth-order valence-electron chi connectivity index (χ4n) is 5.35. The summed E-state index contributed by atoms with van der Waals surface area (Å²) in [6, 6.07) is 15.9. The van der Waals surface area contributed by atoms with Crippen LogP contribution in [0.5, 0.6) is 0 Å². The van der Waals surface area contributed by atoms with E-state index in [1.165, 1.54) is 0 Å². The van der Waals surface area contributed by atoms with E-state index in [-0.39, 0.29) is 12.0 Å². The monoisotopic (exact) mass is 488 g/mol. The van der Waals surface area contributed by atoms with E-state index in [0.29, 0.717) is 26.2 Å². The van der Waals surface area contributed by atoms with E-state index in [0.717, 1.165) is 39.4 Å². The van der Waals surface area contributed by atoms with Gasteiger partial charge in [-0.15, -0.1) is 0 Å². The number of carbonyl (C=O) groups excluding carboxylic acids is 2. The Morgan fingerprint density at radius 3 is 2.36 bits per heavy atom. The highest BCUT2D eigenvalue weighted by Gasteiger charge is 2.53. The molecule has 2 aliphatic rings. The molecule has 1 atom stereocenters. The minimum Gasteiger partial charge on any atom is -0.444 e. The maximum atomic E-state index is 13.9. The van der Waals surface area contributed by atoms with Crippen molar-refractivity contribution in [3.8, 4) is 11.1 Å².